The minimum atomic E-state index is 0.281. The van der Waals surface area contributed by atoms with E-state index in [1.54, 1.807) is 0 Å². The quantitative estimate of drug-likeness (QED) is 0.775. The molecule has 22 heavy (non-hydrogen) atoms. The number of aromatic nitrogens is 1. The molecule has 0 aliphatic carbocycles. The summed E-state index contributed by atoms with van der Waals surface area (Å²) in [5, 5.41) is 1.20. The Bertz CT molecular complexity index is 727. The van der Waals surface area contributed by atoms with Crippen LogP contribution in [-0.4, -0.2) is 27.5 Å². The third-order valence-electron chi connectivity index (χ3n) is 5.30. The summed E-state index contributed by atoms with van der Waals surface area (Å²) in [6.07, 6.45) is 8.76. The molecule has 2 aromatic rings. The number of benzene rings is 1. The number of hydrogen-bond acceptors (Lipinski definition) is 1. The van der Waals surface area contributed by atoms with Crippen molar-refractivity contribution in [3.8, 4) is 0 Å². The highest BCUT2D eigenvalue weighted by atomic mass is 16.2. The molecule has 2 aliphatic heterocycles. The van der Waals surface area contributed by atoms with Crippen LogP contribution in [0.3, 0.4) is 0 Å². The number of rotatable bonds is 2. The summed E-state index contributed by atoms with van der Waals surface area (Å²) in [6, 6.07) is 11.2. The van der Waals surface area contributed by atoms with Crippen LogP contribution in [0, 0.1) is 0 Å². The maximum Gasteiger partial charge on any atom is 0.243 e. The molecule has 0 N–H and O–H groups in total. The van der Waals surface area contributed by atoms with Gasteiger partial charge < -0.3 is 9.47 Å². The van der Waals surface area contributed by atoms with Gasteiger partial charge in [-0.05, 0) is 50.1 Å². The topological polar surface area (TPSA) is 25.2 Å². The number of hydrogen-bond donors (Lipinski definition) is 0. The Morgan fingerprint density at radius 3 is 2.64 bits per heavy atom. The van der Waals surface area contributed by atoms with Gasteiger partial charge in [0.25, 0.3) is 0 Å². The standard InChI is InChI=1S/C19H22N2O/c1-2-14-11-16-7-8-17(12-14)21(16)19(22)13-20-10-9-15-5-3-4-6-18(15)20/h2-6,9-10,16-17H,7-8,11-13H2,1H3. The third kappa shape index (κ3) is 2.16. The molecule has 1 amide bonds. The van der Waals surface area contributed by atoms with Crippen molar-refractivity contribution in [3.05, 3.63) is 48.2 Å². The lowest BCUT2D eigenvalue weighted by atomic mass is 9.96. The Morgan fingerprint density at radius 1 is 1.18 bits per heavy atom. The molecule has 114 valence electrons. The Labute approximate surface area is 131 Å². The number of carbonyl (C=O) groups is 1. The summed E-state index contributed by atoms with van der Waals surface area (Å²) in [7, 11) is 0. The first-order valence-corrected chi connectivity index (χ1v) is 8.25. The van der Waals surface area contributed by atoms with E-state index in [-0.39, 0.29) is 5.91 Å². The van der Waals surface area contributed by atoms with Crippen molar-refractivity contribution in [3.63, 3.8) is 0 Å². The van der Waals surface area contributed by atoms with E-state index < -0.39 is 0 Å². The zero-order chi connectivity index (χ0) is 15.1. The van der Waals surface area contributed by atoms with Gasteiger partial charge in [0.05, 0.1) is 0 Å². The van der Waals surface area contributed by atoms with E-state index in [0.29, 0.717) is 18.6 Å². The molecule has 2 unspecified atom stereocenters. The van der Waals surface area contributed by atoms with E-state index in [1.165, 1.54) is 23.8 Å². The van der Waals surface area contributed by atoms with Gasteiger partial charge in [0.2, 0.25) is 5.91 Å². The predicted octanol–water partition coefficient (Wildman–Crippen LogP) is 3.74. The average molecular weight is 294 g/mol. The number of piperidine rings is 1. The lowest BCUT2D eigenvalue weighted by Crippen LogP contribution is -2.46. The van der Waals surface area contributed by atoms with Crippen molar-refractivity contribution >= 4 is 16.8 Å². The first kappa shape index (κ1) is 13.6. The zero-order valence-electron chi connectivity index (χ0n) is 13.0. The first-order valence-electron chi connectivity index (χ1n) is 8.25. The Hall–Kier alpha value is -2.03. The van der Waals surface area contributed by atoms with Crippen LogP contribution in [0.2, 0.25) is 0 Å². The van der Waals surface area contributed by atoms with Crippen LogP contribution in [0.5, 0.6) is 0 Å². The molecule has 1 aromatic heterocycles. The van der Waals surface area contributed by atoms with Crippen molar-refractivity contribution in [2.24, 2.45) is 0 Å². The normalized spacial score (nSPS) is 24.0. The molecule has 2 aliphatic rings. The molecule has 3 nitrogen and oxygen atoms in total. The molecule has 0 saturated carbocycles. The van der Waals surface area contributed by atoms with E-state index in [0.717, 1.165) is 18.4 Å². The van der Waals surface area contributed by atoms with E-state index in [9.17, 15) is 4.79 Å². The second-order valence-electron chi connectivity index (χ2n) is 6.54. The lowest BCUT2D eigenvalue weighted by Gasteiger charge is -2.36. The van der Waals surface area contributed by atoms with E-state index in [4.69, 9.17) is 0 Å². The molecule has 4 rings (SSSR count). The fraction of sp³-hybridized carbons (Fsp3) is 0.421. The van der Waals surface area contributed by atoms with Gasteiger partial charge in [-0.1, -0.05) is 29.8 Å². The zero-order valence-corrected chi connectivity index (χ0v) is 13.0. The van der Waals surface area contributed by atoms with Crippen molar-refractivity contribution in [1.29, 1.82) is 0 Å². The van der Waals surface area contributed by atoms with E-state index in [2.05, 4.69) is 40.7 Å². The summed E-state index contributed by atoms with van der Waals surface area (Å²) in [5.74, 6) is 0.281. The van der Waals surface area contributed by atoms with Gasteiger partial charge in [-0.2, -0.15) is 0 Å². The summed E-state index contributed by atoms with van der Waals surface area (Å²) in [4.78, 5) is 15.0. The summed E-state index contributed by atoms with van der Waals surface area (Å²) in [5.41, 5.74) is 2.68. The molecular formula is C19H22N2O. The Balaban J connectivity index is 1.56. The van der Waals surface area contributed by atoms with Crippen molar-refractivity contribution in [1.82, 2.24) is 9.47 Å². The fourth-order valence-corrected chi connectivity index (χ4v) is 4.20. The second kappa shape index (κ2) is 5.31. The summed E-state index contributed by atoms with van der Waals surface area (Å²) < 4.78 is 2.09. The average Bonchev–Trinajstić information content (AvgIpc) is 3.06. The van der Waals surface area contributed by atoms with Gasteiger partial charge >= 0.3 is 0 Å². The van der Waals surface area contributed by atoms with Crippen molar-refractivity contribution < 1.29 is 4.79 Å². The molecule has 3 heteroatoms. The lowest BCUT2D eigenvalue weighted by molar-refractivity contribution is -0.135. The number of amides is 1. The number of nitrogens with zero attached hydrogens (tertiary/aromatic N) is 2. The summed E-state index contributed by atoms with van der Waals surface area (Å²) in [6.45, 7) is 2.59. The molecule has 2 saturated heterocycles. The van der Waals surface area contributed by atoms with Crippen LogP contribution >= 0.6 is 0 Å². The van der Waals surface area contributed by atoms with Crippen LogP contribution in [0.4, 0.5) is 0 Å². The smallest absolute Gasteiger partial charge is 0.243 e. The number of allylic oxidation sites excluding steroid dienone is 1. The molecule has 0 spiro atoms. The van der Waals surface area contributed by atoms with Crippen molar-refractivity contribution in [2.45, 2.75) is 51.2 Å². The highest BCUT2D eigenvalue weighted by molar-refractivity contribution is 5.83. The summed E-state index contributed by atoms with van der Waals surface area (Å²) >= 11 is 0. The fourth-order valence-electron chi connectivity index (χ4n) is 4.20. The van der Waals surface area contributed by atoms with Gasteiger partial charge in [0, 0.05) is 23.8 Å². The van der Waals surface area contributed by atoms with Gasteiger partial charge in [-0.25, -0.2) is 0 Å². The maximum atomic E-state index is 12.9. The van der Waals surface area contributed by atoms with Crippen LogP contribution in [0.15, 0.2) is 48.2 Å². The minimum absolute atomic E-state index is 0.281. The molecule has 0 radical (unpaired) electrons. The number of fused-ring (bicyclic) bond motifs is 3. The largest absolute Gasteiger partial charge is 0.338 e. The van der Waals surface area contributed by atoms with Gasteiger partial charge in [0.1, 0.15) is 6.54 Å². The molecule has 2 fully saturated rings. The molecular weight excluding hydrogens is 272 g/mol. The highest BCUT2D eigenvalue weighted by Crippen LogP contribution is 2.38. The van der Waals surface area contributed by atoms with Crippen molar-refractivity contribution in [2.75, 3.05) is 0 Å². The third-order valence-corrected chi connectivity index (χ3v) is 5.30. The molecule has 2 atom stereocenters. The van der Waals surface area contributed by atoms with Crippen LogP contribution in [0.25, 0.3) is 10.9 Å². The minimum Gasteiger partial charge on any atom is -0.338 e. The highest BCUT2D eigenvalue weighted by Gasteiger charge is 2.40. The van der Waals surface area contributed by atoms with Crippen LogP contribution < -0.4 is 0 Å². The molecule has 3 heterocycles. The SMILES string of the molecule is CC=C1CC2CCC(C1)N2C(=O)Cn1ccc2ccccc21. The van der Waals surface area contributed by atoms with Crippen LogP contribution in [-0.2, 0) is 11.3 Å². The number of para-hydroxylation sites is 1. The predicted molar refractivity (Wildman–Crippen MR) is 88.6 cm³/mol. The number of carbonyl (C=O) groups excluding carboxylic acids is 1. The van der Waals surface area contributed by atoms with E-state index in [1.807, 2.05) is 18.3 Å². The van der Waals surface area contributed by atoms with Crippen LogP contribution in [0.1, 0.15) is 32.6 Å². The Kier molecular flexibility index (Phi) is 3.29. The Morgan fingerprint density at radius 2 is 1.91 bits per heavy atom. The molecule has 1 aromatic carbocycles. The van der Waals surface area contributed by atoms with Gasteiger partial charge in [-0.3, -0.25) is 4.79 Å². The van der Waals surface area contributed by atoms with E-state index >= 15 is 0 Å². The first-order chi connectivity index (χ1) is 10.8. The van der Waals surface area contributed by atoms with Gasteiger partial charge in [-0.15, -0.1) is 0 Å². The van der Waals surface area contributed by atoms with Gasteiger partial charge in [0.15, 0.2) is 0 Å². The maximum absolute atomic E-state index is 12.9. The molecule has 2 bridgehead atoms. The monoisotopic (exact) mass is 294 g/mol. The second-order valence-corrected chi connectivity index (χ2v) is 6.54.